The van der Waals surface area contributed by atoms with Crippen molar-refractivity contribution in [3.8, 4) is 0 Å². The monoisotopic (exact) mass is 292 g/mol. The van der Waals surface area contributed by atoms with Crippen LogP contribution in [-0.4, -0.2) is 49.7 Å². The Balaban J connectivity index is 1.54. The maximum absolute atomic E-state index is 12.0. The van der Waals surface area contributed by atoms with Gasteiger partial charge in [0.05, 0.1) is 13.1 Å². The molecule has 7 nitrogen and oxygen atoms in total. The summed E-state index contributed by atoms with van der Waals surface area (Å²) in [6, 6.07) is 0.346. The van der Waals surface area contributed by atoms with E-state index in [2.05, 4.69) is 25.3 Å². The lowest BCUT2D eigenvalue weighted by molar-refractivity contribution is -0.117. The van der Waals surface area contributed by atoms with Crippen LogP contribution < -0.4 is 5.32 Å². The van der Waals surface area contributed by atoms with E-state index in [4.69, 9.17) is 0 Å². The predicted molar refractivity (Wildman–Crippen MR) is 75.4 cm³/mol. The van der Waals surface area contributed by atoms with Gasteiger partial charge in [0.15, 0.2) is 5.13 Å². The lowest BCUT2D eigenvalue weighted by Gasteiger charge is -2.23. The third-order valence-electron chi connectivity index (χ3n) is 3.39. The summed E-state index contributed by atoms with van der Waals surface area (Å²) in [5, 5.41) is 9.45. The van der Waals surface area contributed by atoms with Crippen molar-refractivity contribution >= 4 is 22.4 Å². The van der Waals surface area contributed by atoms with Crippen molar-refractivity contribution in [2.75, 3.05) is 18.4 Å². The van der Waals surface area contributed by atoms with Crippen molar-refractivity contribution in [1.29, 1.82) is 0 Å². The first-order valence-corrected chi connectivity index (χ1v) is 7.45. The van der Waals surface area contributed by atoms with Crippen molar-refractivity contribution in [2.45, 2.75) is 25.4 Å². The number of anilines is 1. The van der Waals surface area contributed by atoms with Crippen molar-refractivity contribution in [1.82, 2.24) is 24.6 Å². The highest BCUT2D eigenvalue weighted by Crippen LogP contribution is 2.18. The lowest BCUT2D eigenvalue weighted by Crippen LogP contribution is -2.39. The van der Waals surface area contributed by atoms with Crippen LogP contribution in [0.3, 0.4) is 0 Å². The molecule has 0 radical (unpaired) electrons. The third kappa shape index (κ3) is 3.20. The maximum atomic E-state index is 12.0. The Kier molecular flexibility index (Phi) is 4.03. The highest BCUT2D eigenvalue weighted by molar-refractivity contribution is 7.13. The molecule has 1 aliphatic rings. The quantitative estimate of drug-likeness (QED) is 0.883. The highest BCUT2D eigenvalue weighted by atomic mass is 32.1. The summed E-state index contributed by atoms with van der Waals surface area (Å²) in [7, 11) is 0. The van der Waals surface area contributed by atoms with Gasteiger partial charge in [-0.1, -0.05) is 0 Å². The molecule has 1 atom stereocenters. The van der Waals surface area contributed by atoms with Gasteiger partial charge in [-0.25, -0.2) is 9.97 Å². The second-order valence-corrected chi connectivity index (χ2v) is 5.66. The molecule has 0 spiro atoms. The van der Waals surface area contributed by atoms with E-state index in [1.54, 1.807) is 12.5 Å². The van der Waals surface area contributed by atoms with Gasteiger partial charge >= 0.3 is 0 Å². The summed E-state index contributed by atoms with van der Waals surface area (Å²) in [5.74, 6) is -0.00885. The zero-order chi connectivity index (χ0) is 13.8. The maximum Gasteiger partial charge on any atom is 0.240 e. The molecule has 106 valence electrons. The molecular formula is C12H16N6OS. The molecule has 20 heavy (non-hydrogen) atoms. The van der Waals surface area contributed by atoms with Gasteiger partial charge < -0.3 is 5.32 Å². The van der Waals surface area contributed by atoms with E-state index in [0.29, 0.717) is 17.7 Å². The summed E-state index contributed by atoms with van der Waals surface area (Å²) in [6.45, 7) is 2.13. The Bertz CT molecular complexity index is 540. The Labute approximate surface area is 120 Å². The predicted octanol–water partition coefficient (Wildman–Crippen LogP) is 0.838. The Morgan fingerprint density at radius 1 is 1.55 bits per heavy atom. The number of amides is 1. The van der Waals surface area contributed by atoms with Crippen LogP contribution in [0.2, 0.25) is 0 Å². The van der Waals surface area contributed by atoms with Crippen molar-refractivity contribution < 1.29 is 4.79 Å². The third-order valence-corrected chi connectivity index (χ3v) is 4.08. The molecule has 0 aliphatic carbocycles. The summed E-state index contributed by atoms with van der Waals surface area (Å²) in [4.78, 5) is 22.2. The van der Waals surface area contributed by atoms with Crippen molar-refractivity contribution in [2.24, 2.45) is 0 Å². The molecule has 3 heterocycles. The lowest BCUT2D eigenvalue weighted by atomic mass is 10.2. The minimum atomic E-state index is -0.00885. The van der Waals surface area contributed by atoms with Crippen LogP contribution in [0.15, 0.2) is 24.2 Å². The number of likely N-dealkylation sites (tertiary alicyclic amines) is 1. The minimum absolute atomic E-state index is 0.00885. The first kappa shape index (κ1) is 13.2. The fraction of sp³-hybridized carbons (Fsp3) is 0.500. The summed E-state index contributed by atoms with van der Waals surface area (Å²) < 4.78 is 1.82. The number of nitrogens with zero attached hydrogens (tertiary/aromatic N) is 5. The number of rotatable bonds is 5. The number of carbonyl (C=O) groups is 1. The van der Waals surface area contributed by atoms with Crippen molar-refractivity contribution in [3.63, 3.8) is 0 Å². The smallest absolute Gasteiger partial charge is 0.240 e. The first-order valence-electron chi connectivity index (χ1n) is 6.57. The van der Waals surface area contributed by atoms with Crippen LogP contribution in [0.1, 0.15) is 12.8 Å². The van der Waals surface area contributed by atoms with Gasteiger partial charge in [0.2, 0.25) is 5.91 Å². The largest absolute Gasteiger partial charge is 0.301 e. The van der Waals surface area contributed by atoms with E-state index in [1.165, 1.54) is 17.7 Å². The molecule has 1 N–H and O–H groups in total. The van der Waals surface area contributed by atoms with Gasteiger partial charge in [-0.15, -0.1) is 11.3 Å². The molecule has 1 amide bonds. The summed E-state index contributed by atoms with van der Waals surface area (Å²) in [5.41, 5.74) is 0. The van der Waals surface area contributed by atoms with E-state index in [1.807, 2.05) is 10.1 Å². The van der Waals surface area contributed by atoms with Gasteiger partial charge in [0, 0.05) is 17.6 Å². The number of nitrogens with one attached hydrogen (secondary N) is 1. The molecule has 3 rings (SSSR count). The highest BCUT2D eigenvalue weighted by Gasteiger charge is 2.26. The van der Waals surface area contributed by atoms with Gasteiger partial charge in [-0.3, -0.25) is 14.4 Å². The summed E-state index contributed by atoms with van der Waals surface area (Å²) in [6.07, 6.45) is 7.14. The average molecular weight is 292 g/mol. The van der Waals surface area contributed by atoms with Gasteiger partial charge in [0.1, 0.15) is 12.7 Å². The topological polar surface area (TPSA) is 75.9 Å². The van der Waals surface area contributed by atoms with Crippen molar-refractivity contribution in [3.05, 3.63) is 24.2 Å². The molecule has 8 heteroatoms. The standard InChI is InChI=1S/C12H16N6OS/c19-11(16-12-14-3-5-20-12)7-17-4-1-2-10(17)6-18-9-13-8-15-18/h3,5,8-10H,1-2,4,6-7H2,(H,14,16,19). The normalized spacial score (nSPS) is 19.3. The summed E-state index contributed by atoms with van der Waals surface area (Å²) >= 11 is 1.43. The van der Waals surface area contributed by atoms with E-state index in [-0.39, 0.29) is 5.91 Å². The molecule has 1 fully saturated rings. The Morgan fingerprint density at radius 3 is 3.25 bits per heavy atom. The molecular weight excluding hydrogens is 276 g/mol. The molecule has 0 saturated carbocycles. The van der Waals surface area contributed by atoms with E-state index in [0.717, 1.165) is 25.9 Å². The van der Waals surface area contributed by atoms with Crippen LogP contribution in [-0.2, 0) is 11.3 Å². The van der Waals surface area contributed by atoms with E-state index in [9.17, 15) is 4.79 Å². The number of aromatic nitrogens is 4. The number of carbonyl (C=O) groups excluding carboxylic acids is 1. The van der Waals surface area contributed by atoms with Crippen LogP contribution >= 0.6 is 11.3 Å². The van der Waals surface area contributed by atoms with Gasteiger partial charge in [-0.2, -0.15) is 5.10 Å². The second kappa shape index (κ2) is 6.10. The van der Waals surface area contributed by atoms with Gasteiger partial charge in [-0.05, 0) is 19.4 Å². The SMILES string of the molecule is O=C(CN1CCCC1Cn1cncn1)Nc1nccs1. The van der Waals surface area contributed by atoms with Crippen LogP contribution in [0.25, 0.3) is 0 Å². The molecule has 1 unspecified atom stereocenters. The zero-order valence-corrected chi connectivity index (χ0v) is 11.8. The number of hydrogen-bond acceptors (Lipinski definition) is 6. The van der Waals surface area contributed by atoms with Crippen LogP contribution in [0, 0.1) is 0 Å². The van der Waals surface area contributed by atoms with E-state index < -0.39 is 0 Å². The molecule has 1 aliphatic heterocycles. The first-order chi connectivity index (χ1) is 9.81. The minimum Gasteiger partial charge on any atom is -0.301 e. The van der Waals surface area contributed by atoms with Crippen LogP contribution in [0.4, 0.5) is 5.13 Å². The fourth-order valence-electron chi connectivity index (χ4n) is 2.48. The average Bonchev–Trinajstić information content (AvgIpc) is 3.14. The van der Waals surface area contributed by atoms with Crippen LogP contribution in [0.5, 0.6) is 0 Å². The molecule has 2 aromatic heterocycles. The molecule has 0 aromatic carbocycles. The fourth-order valence-corrected chi connectivity index (χ4v) is 3.03. The Hall–Kier alpha value is -1.80. The molecule has 0 bridgehead atoms. The van der Waals surface area contributed by atoms with Gasteiger partial charge in [0.25, 0.3) is 0 Å². The zero-order valence-electron chi connectivity index (χ0n) is 11.0. The second-order valence-electron chi connectivity index (χ2n) is 4.77. The number of hydrogen-bond donors (Lipinski definition) is 1. The van der Waals surface area contributed by atoms with E-state index >= 15 is 0 Å². The Morgan fingerprint density at radius 2 is 2.50 bits per heavy atom. The molecule has 2 aromatic rings. The number of thiazole rings is 1. The molecule has 1 saturated heterocycles.